The molecule has 1 saturated carbocycles. The van der Waals surface area contributed by atoms with Crippen molar-refractivity contribution in [3.8, 4) is 0 Å². The van der Waals surface area contributed by atoms with Crippen molar-refractivity contribution in [3.05, 3.63) is 65.2 Å². The van der Waals surface area contributed by atoms with Crippen molar-refractivity contribution in [2.24, 2.45) is 0 Å². The zero-order valence-corrected chi connectivity index (χ0v) is 15.1. The van der Waals surface area contributed by atoms with Gasteiger partial charge in [0.25, 0.3) is 17.7 Å². The number of hydrogen-bond acceptors (Lipinski definition) is 4. The van der Waals surface area contributed by atoms with Crippen LogP contribution in [0.4, 0.5) is 5.69 Å². The molecule has 1 heterocycles. The molecule has 0 unspecified atom stereocenters. The number of para-hydroxylation sites is 1. The first-order valence-corrected chi connectivity index (χ1v) is 9.19. The van der Waals surface area contributed by atoms with Crippen LogP contribution in [0.1, 0.15) is 50.3 Å². The molecule has 0 spiro atoms. The van der Waals surface area contributed by atoms with Crippen molar-refractivity contribution < 1.29 is 19.2 Å². The average molecular weight is 377 g/mol. The van der Waals surface area contributed by atoms with E-state index < -0.39 is 11.8 Å². The first kappa shape index (κ1) is 17.9. The SMILES string of the molecule is O=C(CCN1C(=O)c2ccccc2C1=O)Nc1ccccc1C(=O)NC1CC1. The fourth-order valence-electron chi connectivity index (χ4n) is 3.15. The zero-order valence-electron chi connectivity index (χ0n) is 15.1. The molecule has 2 N–H and O–H groups in total. The van der Waals surface area contributed by atoms with E-state index in [1.54, 1.807) is 48.5 Å². The van der Waals surface area contributed by atoms with Gasteiger partial charge in [0.15, 0.2) is 0 Å². The van der Waals surface area contributed by atoms with Crippen LogP contribution >= 0.6 is 0 Å². The largest absolute Gasteiger partial charge is 0.349 e. The maximum absolute atomic E-state index is 12.4. The van der Waals surface area contributed by atoms with Gasteiger partial charge in [0.05, 0.1) is 22.4 Å². The number of benzene rings is 2. The van der Waals surface area contributed by atoms with Crippen LogP contribution in [0.15, 0.2) is 48.5 Å². The van der Waals surface area contributed by atoms with Gasteiger partial charge in [-0.25, -0.2) is 0 Å². The van der Waals surface area contributed by atoms with E-state index in [4.69, 9.17) is 0 Å². The molecule has 7 nitrogen and oxygen atoms in total. The number of imide groups is 1. The minimum absolute atomic E-state index is 0.0192. The van der Waals surface area contributed by atoms with Crippen molar-refractivity contribution in [1.29, 1.82) is 0 Å². The summed E-state index contributed by atoms with van der Waals surface area (Å²) in [5, 5.41) is 5.61. The highest BCUT2D eigenvalue weighted by Crippen LogP contribution is 2.23. The number of anilines is 1. The van der Waals surface area contributed by atoms with Gasteiger partial charge in [-0.2, -0.15) is 0 Å². The molecular formula is C21H19N3O4. The molecule has 1 aliphatic heterocycles. The lowest BCUT2D eigenvalue weighted by molar-refractivity contribution is -0.116. The Labute approximate surface area is 161 Å². The molecule has 142 valence electrons. The van der Waals surface area contributed by atoms with E-state index in [9.17, 15) is 19.2 Å². The van der Waals surface area contributed by atoms with Crippen LogP contribution in [0.3, 0.4) is 0 Å². The first-order valence-electron chi connectivity index (χ1n) is 9.19. The molecule has 28 heavy (non-hydrogen) atoms. The zero-order chi connectivity index (χ0) is 19.7. The van der Waals surface area contributed by atoms with Gasteiger partial charge in [-0.1, -0.05) is 24.3 Å². The molecule has 0 saturated heterocycles. The van der Waals surface area contributed by atoms with Gasteiger partial charge in [-0.15, -0.1) is 0 Å². The maximum Gasteiger partial charge on any atom is 0.261 e. The fraction of sp³-hybridized carbons (Fsp3) is 0.238. The summed E-state index contributed by atoms with van der Waals surface area (Å²) in [6.07, 6.45) is 1.89. The third kappa shape index (κ3) is 3.51. The molecule has 2 aromatic carbocycles. The van der Waals surface area contributed by atoms with Gasteiger partial charge in [0.1, 0.15) is 0 Å². The molecule has 4 amide bonds. The molecule has 2 aromatic rings. The van der Waals surface area contributed by atoms with Gasteiger partial charge in [0, 0.05) is 19.0 Å². The van der Waals surface area contributed by atoms with E-state index in [2.05, 4.69) is 10.6 Å². The lowest BCUT2D eigenvalue weighted by atomic mass is 10.1. The summed E-state index contributed by atoms with van der Waals surface area (Å²) in [6.45, 7) is -0.0192. The van der Waals surface area contributed by atoms with E-state index >= 15 is 0 Å². The van der Waals surface area contributed by atoms with Gasteiger partial charge >= 0.3 is 0 Å². The minimum Gasteiger partial charge on any atom is -0.349 e. The number of carbonyl (C=O) groups is 4. The van der Waals surface area contributed by atoms with Gasteiger partial charge in [0.2, 0.25) is 5.91 Å². The third-order valence-corrected chi connectivity index (χ3v) is 4.80. The van der Waals surface area contributed by atoms with Gasteiger partial charge in [-0.05, 0) is 37.1 Å². The Morgan fingerprint density at radius 3 is 2.18 bits per heavy atom. The smallest absolute Gasteiger partial charge is 0.261 e. The number of nitrogens with zero attached hydrogens (tertiary/aromatic N) is 1. The maximum atomic E-state index is 12.4. The summed E-state index contributed by atoms with van der Waals surface area (Å²) in [5.41, 5.74) is 1.52. The van der Waals surface area contributed by atoms with Crippen LogP contribution in [0.2, 0.25) is 0 Å². The average Bonchev–Trinajstić information content (AvgIpc) is 3.48. The van der Waals surface area contributed by atoms with Crippen LogP contribution in [-0.4, -0.2) is 41.1 Å². The van der Waals surface area contributed by atoms with Crippen LogP contribution in [0, 0.1) is 0 Å². The summed E-state index contributed by atoms with van der Waals surface area (Å²) in [7, 11) is 0. The lowest BCUT2D eigenvalue weighted by Crippen LogP contribution is -2.33. The Kier molecular flexibility index (Phi) is 4.65. The first-order chi connectivity index (χ1) is 13.5. The molecule has 2 aliphatic rings. The predicted octanol–water partition coefficient (Wildman–Crippen LogP) is 2.20. The monoisotopic (exact) mass is 377 g/mol. The second-order valence-electron chi connectivity index (χ2n) is 6.90. The topological polar surface area (TPSA) is 95.6 Å². The van der Waals surface area contributed by atoms with Crippen molar-refractivity contribution in [2.45, 2.75) is 25.3 Å². The number of carbonyl (C=O) groups excluding carboxylic acids is 4. The normalized spacial score (nSPS) is 15.4. The van der Waals surface area contributed by atoms with Crippen LogP contribution in [0.5, 0.6) is 0 Å². The van der Waals surface area contributed by atoms with Crippen molar-refractivity contribution in [2.75, 3.05) is 11.9 Å². The van der Waals surface area contributed by atoms with E-state index in [1.165, 1.54) is 0 Å². The Morgan fingerprint density at radius 2 is 1.54 bits per heavy atom. The Hall–Kier alpha value is -3.48. The standard InChI is InChI=1S/C21H19N3O4/c25-18(11-12-24-20(27)14-5-1-2-6-15(14)21(24)28)23-17-8-4-3-7-16(17)19(26)22-13-9-10-13/h1-8,13H,9-12H2,(H,22,26)(H,23,25). The van der Waals surface area contributed by atoms with Crippen LogP contribution in [0.25, 0.3) is 0 Å². The molecule has 0 aromatic heterocycles. The van der Waals surface area contributed by atoms with E-state index in [1.807, 2.05) is 0 Å². The number of fused-ring (bicyclic) bond motifs is 1. The highest BCUT2D eigenvalue weighted by atomic mass is 16.2. The molecular weight excluding hydrogens is 358 g/mol. The number of nitrogens with one attached hydrogen (secondary N) is 2. The number of hydrogen-bond donors (Lipinski definition) is 2. The highest BCUT2D eigenvalue weighted by Gasteiger charge is 2.35. The van der Waals surface area contributed by atoms with Crippen molar-refractivity contribution in [3.63, 3.8) is 0 Å². The van der Waals surface area contributed by atoms with E-state index in [0.29, 0.717) is 22.4 Å². The molecule has 4 rings (SSSR count). The molecule has 1 aliphatic carbocycles. The molecule has 0 radical (unpaired) electrons. The number of amides is 4. The lowest BCUT2D eigenvalue weighted by Gasteiger charge is -2.14. The van der Waals surface area contributed by atoms with Crippen molar-refractivity contribution in [1.82, 2.24) is 10.2 Å². The summed E-state index contributed by atoms with van der Waals surface area (Å²) < 4.78 is 0. The van der Waals surface area contributed by atoms with Gasteiger partial charge < -0.3 is 10.6 Å². The van der Waals surface area contributed by atoms with Gasteiger partial charge in [-0.3, -0.25) is 24.1 Å². The summed E-state index contributed by atoms with van der Waals surface area (Å²) in [6, 6.07) is 13.6. The molecule has 0 bridgehead atoms. The molecule has 0 atom stereocenters. The van der Waals surface area contributed by atoms with Crippen LogP contribution < -0.4 is 10.6 Å². The predicted molar refractivity (Wildman–Crippen MR) is 102 cm³/mol. The van der Waals surface area contributed by atoms with E-state index in [0.717, 1.165) is 17.7 Å². The van der Waals surface area contributed by atoms with E-state index in [-0.39, 0.29) is 30.8 Å². The van der Waals surface area contributed by atoms with Crippen LogP contribution in [-0.2, 0) is 4.79 Å². The minimum atomic E-state index is -0.391. The molecule has 7 heteroatoms. The summed E-state index contributed by atoms with van der Waals surface area (Å²) in [4.78, 5) is 50.5. The summed E-state index contributed by atoms with van der Waals surface area (Å²) >= 11 is 0. The second kappa shape index (κ2) is 7.26. The van der Waals surface area contributed by atoms with Crippen molar-refractivity contribution >= 4 is 29.3 Å². The fourth-order valence-corrected chi connectivity index (χ4v) is 3.15. The quantitative estimate of drug-likeness (QED) is 0.755. The molecule has 1 fully saturated rings. The highest BCUT2D eigenvalue weighted by molar-refractivity contribution is 6.21. The second-order valence-corrected chi connectivity index (χ2v) is 6.90. The third-order valence-electron chi connectivity index (χ3n) is 4.80. The Morgan fingerprint density at radius 1 is 0.929 bits per heavy atom. The number of rotatable bonds is 6. The Bertz CT molecular complexity index is 946. The summed E-state index contributed by atoms with van der Waals surface area (Å²) in [5.74, 6) is -1.38. The Balaban J connectivity index is 1.39.